The molecule has 1 atom stereocenters. The number of sulfonamides is 1. The molecule has 0 spiro atoms. The number of halogens is 2. The van der Waals surface area contributed by atoms with Crippen LogP contribution in [-0.2, 0) is 10.0 Å². The molecule has 0 unspecified atom stereocenters. The molecule has 0 bridgehead atoms. The highest BCUT2D eigenvalue weighted by Gasteiger charge is 2.40. The van der Waals surface area contributed by atoms with Gasteiger partial charge in [-0.05, 0) is 37.1 Å². The quantitative estimate of drug-likeness (QED) is 0.385. The Bertz CT molecular complexity index is 1330. The molecule has 0 aliphatic carbocycles. The maximum absolute atomic E-state index is 13.2. The van der Waals surface area contributed by atoms with Gasteiger partial charge in [0.05, 0.1) is 16.6 Å². The number of anilines is 1. The van der Waals surface area contributed by atoms with E-state index in [1.54, 1.807) is 0 Å². The number of benzene rings is 2. The fraction of sp³-hybridized carbons (Fsp3) is 0.318. The smallest absolute Gasteiger partial charge is 0.270 e. The molecular weight excluding hydrogens is 519 g/mol. The van der Waals surface area contributed by atoms with Gasteiger partial charge in [-0.1, -0.05) is 66.6 Å². The van der Waals surface area contributed by atoms with Gasteiger partial charge in [0, 0.05) is 17.0 Å². The van der Waals surface area contributed by atoms with Crippen LogP contribution < -0.4 is 14.8 Å². The third-order valence-electron chi connectivity index (χ3n) is 5.82. The van der Waals surface area contributed by atoms with Crippen molar-refractivity contribution >= 4 is 55.6 Å². The van der Waals surface area contributed by atoms with Gasteiger partial charge in [-0.15, -0.1) is 10.2 Å². The average Bonchev–Trinajstić information content (AvgIpc) is 3.28. The molecule has 2 heterocycles. The lowest BCUT2D eigenvalue weighted by molar-refractivity contribution is 0.0260. The van der Waals surface area contributed by atoms with E-state index >= 15 is 0 Å². The van der Waals surface area contributed by atoms with Gasteiger partial charge in [0.25, 0.3) is 15.9 Å². The van der Waals surface area contributed by atoms with Crippen LogP contribution in [0.1, 0.15) is 55.1 Å². The minimum atomic E-state index is -4.02. The van der Waals surface area contributed by atoms with E-state index in [4.69, 9.17) is 27.9 Å². The maximum atomic E-state index is 13.2. The number of amides is 1. The van der Waals surface area contributed by atoms with Crippen molar-refractivity contribution in [1.82, 2.24) is 14.9 Å². The number of rotatable bonds is 7. The molecule has 3 aromatic rings. The first-order valence-corrected chi connectivity index (χ1v) is 13.6. The number of carbonyl (C=O) groups is 1. The zero-order valence-corrected chi connectivity index (χ0v) is 21.5. The van der Waals surface area contributed by atoms with Gasteiger partial charge in [0.2, 0.25) is 9.47 Å². The zero-order valence-electron chi connectivity index (χ0n) is 18.3. The summed E-state index contributed by atoms with van der Waals surface area (Å²) in [4.78, 5) is 12.5. The molecule has 0 saturated carbocycles. The fourth-order valence-electron chi connectivity index (χ4n) is 3.85. The molecule has 180 valence electrons. The van der Waals surface area contributed by atoms with Crippen molar-refractivity contribution in [1.29, 1.82) is 0 Å². The molecule has 1 amide bonds. The van der Waals surface area contributed by atoms with Crippen molar-refractivity contribution in [3.63, 3.8) is 0 Å². The number of nitrogens with zero attached hydrogens (tertiary/aromatic N) is 2. The molecule has 1 aliphatic rings. The normalized spacial score (nSPS) is 17.0. The fourth-order valence-corrected chi connectivity index (χ4v) is 6.47. The molecule has 1 aromatic heterocycles. The first kappa shape index (κ1) is 24.9. The summed E-state index contributed by atoms with van der Waals surface area (Å²) in [6.45, 7) is 4.05. The van der Waals surface area contributed by atoms with E-state index in [0.29, 0.717) is 17.2 Å². The highest BCUT2D eigenvalue weighted by atomic mass is 35.5. The Morgan fingerprint density at radius 2 is 1.91 bits per heavy atom. The number of para-hydroxylation sites is 1. The van der Waals surface area contributed by atoms with Gasteiger partial charge in [-0.2, -0.15) is 0 Å². The van der Waals surface area contributed by atoms with E-state index in [0.717, 1.165) is 29.7 Å². The number of fused-ring (bicyclic) bond motifs is 1. The van der Waals surface area contributed by atoms with E-state index in [1.165, 1.54) is 18.2 Å². The van der Waals surface area contributed by atoms with E-state index in [-0.39, 0.29) is 20.1 Å². The summed E-state index contributed by atoms with van der Waals surface area (Å²) in [5, 5.41) is 10.7. The van der Waals surface area contributed by atoms with Gasteiger partial charge in [0.15, 0.2) is 0 Å². The van der Waals surface area contributed by atoms with Crippen LogP contribution in [-0.4, -0.2) is 30.1 Å². The van der Waals surface area contributed by atoms with Crippen molar-refractivity contribution < 1.29 is 17.9 Å². The molecule has 4 rings (SSSR count). The monoisotopic (exact) mass is 540 g/mol. The van der Waals surface area contributed by atoms with Crippen molar-refractivity contribution in [3.05, 3.63) is 63.6 Å². The van der Waals surface area contributed by atoms with Crippen molar-refractivity contribution in [2.75, 3.05) is 5.32 Å². The van der Waals surface area contributed by atoms with Gasteiger partial charge in [-0.25, -0.2) is 13.1 Å². The number of carbonyl (C=O) groups excluding carboxylic acids is 1. The Hall–Kier alpha value is -2.24. The Morgan fingerprint density at radius 3 is 2.62 bits per heavy atom. The first-order valence-electron chi connectivity index (χ1n) is 10.6. The molecule has 2 aromatic carbocycles. The molecule has 0 fully saturated rings. The Labute approximate surface area is 211 Å². The first-order chi connectivity index (χ1) is 16.2. The van der Waals surface area contributed by atoms with Crippen LogP contribution in [0.25, 0.3) is 0 Å². The predicted octanol–water partition coefficient (Wildman–Crippen LogP) is 5.46. The highest BCUT2D eigenvalue weighted by Crippen LogP contribution is 2.43. The second-order valence-corrected chi connectivity index (χ2v) is 11.6. The molecule has 34 heavy (non-hydrogen) atoms. The summed E-state index contributed by atoms with van der Waals surface area (Å²) in [5.74, 6) is 0.110. The molecule has 0 saturated heterocycles. The van der Waals surface area contributed by atoms with E-state index in [2.05, 4.69) is 20.2 Å². The summed E-state index contributed by atoms with van der Waals surface area (Å²) in [6.07, 6.45) is 1.95. The lowest BCUT2D eigenvalue weighted by atomic mass is 9.84. The highest BCUT2D eigenvalue weighted by molar-refractivity contribution is 7.91. The van der Waals surface area contributed by atoms with Crippen molar-refractivity contribution in [2.24, 2.45) is 0 Å². The Kier molecular flexibility index (Phi) is 7.16. The SMILES string of the molecule is CCC1(CC)C[C@@H](NS(=O)(=O)c2nnc(NC(=O)c3ccc(Cl)cc3Cl)s2)c2ccccc2O1. The predicted molar refractivity (Wildman–Crippen MR) is 132 cm³/mol. The molecule has 0 radical (unpaired) electrons. The molecule has 1 aliphatic heterocycles. The second kappa shape index (κ2) is 9.79. The topological polar surface area (TPSA) is 110 Å². The summed E-state index contributed by atoms with van der Waals surface area (Å²) in [5.41, 5.74) is 0.469. The Balaban J connectivity index is 1.55. The van der Waals surface area contributed by atoms with Gasteiger partial charge in [0.1, 0.15) is 11.4 Å². The lowest BCUT2D eigenvalue weighted by Gasteiger charge is -2.41. The second-order valence-electron chi connectivity index (χ2n) is 7.86. The van der Waals surface area contributed by atoms with Crippen LogP contribution in [0.5, 0.6) is 5.75 Å². The minimum Gasteiger partial charge on any atom is -0.487 e. The average molecular weight is 541 g/mol. The van der Waals surface area contributed by atoms with Crippen LogP contribution >= 0.6 is 34.5 Å². The maximum Gasteiger partial charge on any atom is 0.270 e. The number of nitrogens with one attached hydrogen (secondary N) is 2. The summed E-state index contributed by atoms with van der Waals surface area (Å²) in [6, 6.07) is 11.3. The Morgan fingerprint density at radius 1 is 1.18 bits per heavy atom. The van der Waals surface area contributed by atoms with Crippen LogP contribution in [0.4, 0.5) is 5.13 Å². The number of ether oxygens (including phenoxy) is 1. The van der Waals surface area contributed by atoms with E-state index < -0.39 is 27.6 Å². The van der Waals surface area contributed by atoms with E-state index in [1.807, 2.05) is 38.1 Å². The lowest BCUT2D eigenvalue weighted by Crippen LogP contribution is -2.44. The zero-order chi connectivity index (χ0) is 24.5. The minimum absolute atomic E-state index is 0.0280. The van der Waals surface area contributed by atoms with E-state index in [9.17, 15) is 13.2 Å². The molecule has 2 N–H and O–H groups in total. The van der Waals surface area contributed by atoms with Crippen LogP contribution in [0.15, 0.2) is 46.8 Å². The van der Waals surface area contributed by atoms with Crippen molar-refractivity contribution in [3.8, 4) is 5.75 Å². The van der Waals surface area contributed by atoms with Gasteiger partial charge >= 0.3 is 0 Å². The van der Waals surface area contributed by atoms with Crippen molar-refractivity contribution in [2.45, 2.75) is 49.1 Å². The summed E-state index contributed by atoms with van der Waals surface area (Å²) < 4.78 is 35.1. The third-order valence-corrected chi connectivity index (χ3v) is 9.04. The van der Waals surface area contributed by atoms with Gasteiger partial charge in [-0.3, -0.25) is 10.1 Å². The molecular formula is C22H22Cl2N4O4S2. The van der Waals surface area contributed by atoms with Crippen LogP contribution in [0.2, 0.25) is 10.0 Å². The number of aromatic nitrogens is 2. The standard InChI is InChI=1S/C22H22Cl2N4O4S2/c1-3-22(4-2)12-17(15-7-5-6-8-18(15)32-22)28-34(30,31)21-27-26-20(33-21)25-19(29)14-10-9-13(23)11-16(14)24/h5-11,17,28H,3-4,12H2,1-2H3,(H,25,26,29)/t17-/m1/s1. The third kappa shape index (κ3) is 5.06. The summed E-state index contributed by atoms with van der Waals surface area (Å²) >= 11 is 12.7. The van der Waals surface area contributed by atoms with Crippen LogP contribution in [0.3, 0.4) is 0 Å². The largest absolute Gasteiger partial charge is 0.487 e. The number of hydrogen-bond acceptors (Lipinski definition) is 7. The van der Waals surface area contributed by atoms with Crippen LogP contribution in [0, 0.1) is 0 Å². The molecule has 8 nitrogen and oxygen atoms in total. The number of hydrogen-bond donors (Lipinski definition) is 2. The van der Waals surface area contributed by atoms with Gasteiger partial charge < -0.3 is 4.74 Å². The molecule has 12 heteroatoms. The summed E-state index contributed by atoms with van der Waals surface area (Å²) in [7, 11) is -4.02.